The van der Waals surface area contributed by atoms with Crippen LogP contribution in [0, 0.1) is 0 Å². The molecule has 23 heavy (non-hydrogen) atoms. The Morgan fingerprint density at radius 2 is 2.04 bits per heavy atom. The lowest BCUT2D eigenvalue weighted by atomic mass is 9.90. The first kappa shape index (κ1) is 15.1. The molecule has 2 N–H and O–H groups in total. The number of hydrazone groups is 1. The Hall–Kier alpha value is -2.82. The number of ether oxygens (including phenoxy) is 1. The number of hydrogen-bond donors (Lipinski definition) is 2. The van der Waals surface area contributed by atoms with Crippen molar-refractivity contribution in [1.29, 1.82) is 0 Å². The van der Waals surface area contributed by atoms with Gasteiger partial charge in [-0.15, -0.1) is 0 Å². The molecular weight excluding hydrogens is 292 g/mol. The summed E-state index contributed by atoms with van der Waals surface area (Å²) in [7, 11) is 1.64. The number of nitrogens with zero attached hydrogens (tertiary/aromatic N) is 1. The lowest BCUT2D eigenvalue weighted by Crippen LogP contribution is -2.22. The van der Waals surface area contributed by atoms with E-state index in [-0.39, 0.29) is 11.3 Å². The van der Waals surface area contributed by atoms with Crippen molar-refractivity contribution >= 4 is 11.6 Å². The number of fused-ring (bicyclic) bond motifs is 1. The first-order valence-corrected chi connectivity index (χ1v) is 7.51. The van der Waals surface area contributed by atoms with Crippen LogP contribution < -0.4 is 10.2 Å². The SMILES string of the molecule is COc1ccc2c(c1)CCCC2=NNC(=O)c1ccccc1O. The lowest BCUT2D eigenvalue weighted by Gasteiger charge is -2.18. The first-order valence-electron chi connectivity index (χ1n) is 7.51. The Kier molecular flexibility index (Phi) is 4.28. The summed E-state index contributed by atoms with van der Waals surface area (Å²) in [6.45, 7) is 0. The molecule has 0 bridgehead atoms. The molecule has 5 nitrogen and oxygen atoms in total. The van der Waals surface area contributed by atoms with E-state index in [4.69, 9.17) is 4.74 Å². The zero-order valence-electron chi connectivity index (χ0n) is 12.9. The van der Waals surface area contributed by atoms with Gasteiger partial charge in [0.15, 0.2) is 0 Å². The third kappa shape index (κ3) is 3.18. The number of methoxy groups -OCH3 is 1. The van der Waals surface area contributed by atoms with Crippen molar-refractivity contribution < 1.29 is 14.6 Å². The fourth-order valence-electron chi connectivity index (χ4n) is 2.73. The maximum Gasteiger partial charge on any atom is 0.275 e. The number of aryl methyl sites for hydroxylation is 1. The third-order valence-electron chi connectivity index (χ3n) is 3.92. The normalized spacial score (nSPS) is 15.1. The van der Waals surface area contributed by atoms with E-state index in [1.54, 1.807) is 25.3 Å². The zero-order chi connectivity index (χ0) is 16.2. The van der Waals surface area contributed by atoms with E-state index in [0.717, 1.165) is 36.3 Å². The van der Waals surface area contributed by atoms with Gasteiger partial charge in [-0.1, -0.05) is 12.1 Å². The van der Waals surface area contributed by atoms with E-state index in [2.05, 4.69) is 10.5 Å². The number of aromatic hydroxyl groups is 1. The van der Waals surface area contributed by atoms with Gasteiger partial charge in [-0.2, -0.15) is 5.10 Å². The Morgan fingerprint density at radius 3 is 2.83 bits per heavy atom. The molecule has 0 saturated carbocycles. The molecule has 3 rings (SSSR count). The average Bonchev–Trinajstić information content (AvgIpc) is 2.59. The molecule has 5 heteroatoms. The number of para-hydroxylation sites is 1. The van der Waals surface area contributed by atoms with Gasteiger partial charge >= 0.3 is 0 Å². The number of carbonyl (C=O) groups excluding carboxylic acids is 1. The highest BCUT2D eigenvalue weighted by atomic mass is 16.5. The molecule has 0 spiro atoms. The Bertz CT molecular complexity index is 769. The Morgan fingerprint density at radius 1 is 1.22 bits per heavy atom. The fraction of sp³-hybridized carbons (Fsp3) is 0.222. The number of hydrogen-bond acceptors (Lipinski definition) is 4. The third-order valence-corrected chi connectivity index (χ3v) is 3.92. The highest BCUT2D eigenvalue weighted by Crippen LogP contribution is 2.25. The molecule has 1 aliphatic rings. The molecule has 2 aromatic carbocycles. The second-order valence-corrected chi connectivity index (χ2v) is 5.39. The van der Waals surface area contributed by atoms with Gasteiger partial charge in [0.05, 0.1) is 18.4 Å². The van der Waals surface area contributed by atoms with Crippen molar-refractivity contribution in [3.63, 3.8) is 0 Å². The largest absolute Gasteiger partial charge is 0.507 e. The standard InChI is InChI=1S/C18H18N2O3/c1-23-13-9-10-14-12(11-13)5-4-7-16(14)19-20-18(22)15-6-2-3-8-17(15)21/h2-3,6,8-11,21H,4-5,7H2,1H3,(H,20,22). The van der Waals surface area contributed by atoms with Gasteiger partial charge in [0, 0.05) is 5.56 Å². The summed E-state index contributed by atoms with van der Waals surface area (Å²) < 4.78 is 5.25. The van der Waals surface area contributed by atoms with E-state index >= 15 is 0 Å². The van der Waals surface area contributed by atoms with Gasteiger partial charge in [0.25, 0.3) is 5.91 Å². The average molecular weight is 310 g/mol. The minimum atomic E-state index is -0.420. The van der Waals surface area contributed by atoms with Gasteiger partial charge < -0.3 is 9.84 Å². The molecule has 0 aromatic heterocycles. The molecule has 1 amide bonds. The summed E-state index contributed by atoms with van der Waals surface area (Å²) in [5.74, 6) is 0.346. The molecular formula is C18H18N2O3. The van der Waals surface area contributed by atoms with E-state index < -0.39 is 5.91 Å². The van der Waals surface area contributed by atoms with Crippen LogP contribution in [0.25, 0.3) is 0 Å². The summed E-state index contributed by atoms with van der Waals surface area (Å²) >= 11 is 0. The van der Waals surface area contributed by atoms with Crippen molar-refractivity contribution in [2.24, 2.45) is 5.10 Å². The maximum absolute atomic E-state index is 12.1. The van der Waals surface area contributed by atoms with Crippen LogP contribution in [0.4, 0.5) is 0 Å². The summed E-state index contributed by atoms with van der Waals surface area (Å²) in [4.78, 5) is 12.1. The van der Waals surface area contributed by atoms with Crippen LogP contribution in [0.2, 0.25) is 0 Å². The first-order chi connectivity index (χ1) is 11.2. The molecule has 0 aliphatic heterocycles. The lowest BCUT2D eigenvalue weighted by molar-refractivity contribution is 0.0952. The number of phenols is 1. The fourth-order valence-corrected chi connectivity index (χ4v) is 2.73. The Balaban J connectivity index is 1.82. The van der Waals surface area contributed by atoms with Crippen LogP contribution in [-0.2, 0) is 6.42 Å². The maximum atomic E-state index is 12.1. The van der Waals surface area contributed by atoms with Gasteiger partial charge in [0.2, 0.25) is 0 Å². The monoisotopic (exact) mass is 310 g/mol. The van der Waals surface area contributed by atoms with Crippen LogP contribution in [-0.4, -0.2) is 23.8 Å². The van der Waals surface area contributed by atoms with Crippen LogP contribution in [0.5, 0.6) is 11.5 Å². The van der Waals surface area contributed by atoms with Crippen molar-refractivity contribution in [2.45, 2.75) is 19.3 Å². The summed E-state index contributed by atoms with van der Waals surface area (Å²) in [6.07, 6.45) is 2.75. The van der Waals surface area contributed by atoms with Crippen molar-refractivity contribution in [2.75, 3.05) is 7.11 Å². The van der Waals surface area contributed by atoms with Crippen LogP contribution in [0.15, 0.2) is 47.6 Å². The Labute approximate surface area is 134 Å². The molecule has 0 atom stereocenters. The van der Waals surface area contributed by atoms with E-state index in [0.29, 0.717) is 0 Å². The number of rotatable bonds is 3. The number of phenolic OH excluding ortho intramolecular Hbond substituents is 1. The molecule has 0 unspecified atom stereocenters. The molecule has 2 aromatic rings. The smallest absolute Gasteiger partial charge is 0.275 e. The molecule has 1 aliphatic carbocycles. The van der Waals surface area contributed by atoms with Crippen LogP contribution in [0.1, 0.15) is 34.3 Å². The molecule has 0 heterocycles. The highest BCUT2D eigenvalue weighted by molar-refractivity contribution is 6.04. The highest BCUT2D eigenvalue weighted by Gasteiger charge is 2.17. The summed E-state index contributed by atoms with van der Waals surface area (Å²) in [5, 5.41) is 14.0. The van der Waals surface area contributed by atoms with Crippen LogP contribution >= 0.6 is 0 Å². The number of benzene rings is 2. The van der Waals surface area contributed by atoms with E-state index in [1.165, 1.54) is 11.6 Å². The van der Waals surface area contributed by atoms with Gasteiger partial charge in [-0.3, -0.25) is 4.79 Å². The predicted octanol–water partition coefficient (Wildman–Crippen LogP) is 2.87. The number of amides is 1. The van der Waals surface area contributed by atoms with Gasteiger partial charge in [0.1, 0.15) is 11.5 Å². The molecule has 118 valence electrons. The van der Waals surface area contributed by atoms with Gasteiger partial charge in [-0.05, 0) is 55.2 Å². The number of carbonyl (C=O) groups is 1. The second-order valence-electron chi connectivity index (χ2n) is 5.39. The van der Waals surface area contributed by atoms with Crippen LogP contribution in [0.3, 0.4) is 0 Å². The molecule has 0 radical (unpaired) electrons. The topological polar surface area (TPSA) is 70.9 Å². The summed E-state index contributed by atoms with van der Waals surface area (Å²) in [6, 6.07) is 12.3. The minimum Gasteiger partial charge on any atom is -0.507 e. The quantitative estimate of drug-likeness (QED) is 0.856. The molecule has 0 saturated heterocycles. The molecule has 0 fully saturated rings. The number of nitrogens with one attached hydrogen (secondary N) is 1. The van der Waals surface area contributed by atoms with Crippen molar-refractivity contribution in [1.82, 2.24) is 5.43 Å². The van der Waals surface area contributed by atoms with Crippen molar-refractivity contribution in [3.8, 4) is 11.5 Å². The zero-order valence-corrected chi connectivity index (χ0v) is 12.9. The minimum absolute atomic E-state index is 0.0565. The van der Waals surface area contributed by atoms with E-state index in [1.807, 2.05) is 18.2 Å². The second kappa shape index (κ2) is 6.52. The summed E-state index contributed by atoms with van der Waals surface area (Å²) in [5.41, 5.74) is 5.80. The van der Waals surface area contributed by atoms with Crippen molar-refractivity contribution in [3.05, 3.63) is 59.2 Å². The van der Waals surface area contributed by atoms with E-state index in [9.17, 15) is 9.90 Å². The van der Waals surface area contributed by atoms with Gasteiger partial charge in [-0.25, -0.2) is 5.43 Å². The predicted molar refractivity (Wildman–Crippen MR) is 88.0 cm³/mol.